The molecule has 0 aliphatic rings. The molecule has 3 N–H and O–H groups in total. The van der Waals surface area contributed by atoms with Gasteiger partial charge in [-0.05, 0) is 37.7 Å². The van der Waals surface area contributed by atoms with Crippen molar-refractivity contribution >= 4 is 15.7 Å². The largest absolute Gasteiger partial charge is 0.385 e. The van der Waals surface area contributed by atoms with Crippen LogP contribution in [0.1, 0.15) is 12.2 Å². The lowest BCUT2D eigenvalue weighted by molar-refractivity contribution is 0.588. The van der Waals surface area contributed by atoms with E-state index in [1.54, 1.807) is 24.3 Å². The van der Waals surface area contributed by atoms with E-state index in [-0.39, 0.29) is 4.90 Å². The molecule has 1 heterocycles. The van der Waals surface area contributed by atoms with Crippen molar-refractivity contribution < 1.29 is 8.42 Å². The molecule has 8 heteroatoms. The number of benzene rings is 1. The molecule has 20 heavy (non-hydrogen) atoms. The lowest BCUT2D eigenvalue weighted by Crippen LogP contribution is -2.18. The number of nitrogens with one attached hydrogen (secondary N) is 3. The fraction of sp³-hybridized carbons (Fsp3) is 0.333. The number of aryl methyl sites for hydroxylation is 1. The first-order chi connectivity index (χ1) is 9.62. The molecule has 0 aliphatic heterocycles. The van der Waals surface area contributed by atoms with Crippen molar-refractivity contribution in [3.05, 3.63) is 36.4 Å². The highest BCUT2D eigenvalue weighted by atomic mass is 32.2. The van der Waals surface area contributed by atoms with E-state index in [2.05, 4.69) is 25.2 Å². The number of anilines is 1. The van der Waals surface area contributed by atoms with Gasteiger partial charge >= 0.3 is 0 Å². The second-order valence-corrected chi connectivity index (χ2v) is 6.08. The van der Waals surface area contributed by atoms with Gasteiger partial charge in [0.25, 0.3) is 0 Å². The molecule has 0 unspecified atom stereocenters. The number of nitrogens with zero attached hydrogens (tertiary/aromatic N) is 2. The summed E-state index contributed by atoms with van der Waals surface area (Å²) >= 11 is 0. The van der Waals surface area contributed by atoms with E-state index < -0.39 is 10.0 Å². The average Bonchev–Trinajstić information content (AvgIpc) is 2.97. The monoisotopic (exact) mass is 295 g/mol. The molecule has 0 saturated carbocycles. The van der Waals surface area contributed by atoms with Gasteiger partial charge in [-0.1, -0.05) is 0 Å². The van der Waals surface area contributed by atoms with Crippen LogP contribution < -0.4 is 10.0 Å². The van der Waals surface area contributed by atoms with Crippen LogP contribution >= 0.6 is 0 Å². The average molecular weight is 295 g/mol. The maximum atomic E-state index is 11.6. The van der Waals surface area contributed by atoms with Gasteiger partial charge in [-0.3, -0.25) is 5.10 Å². The number of aromatic amines is 1. The normalized spacial score (nSPS) is 11.4. The fourth-order valence-electron chi connectivity index (χ4n) is 1.71. The molecule has 1 aromatic carbocycles. The van der Waals surface area contributed by atoms with E-state index in [1.807, 2.05) is 0 Å². The summed E-state index contributed by atoms with van der Waals surface area (Å²) in [4.78, 5) is 4.30. The summed E-state index contributed by atoms with van der Waals surface area (Å²) in [6, 6.07) is 6.65. The Morgan fingerprint density at radius 1 is 1.25 bits per heavy atom. The zero-order chi connectivity index (χ0) is 14.4. The van der Waals surface area contributed by atoms with Gasteiger partial charge in [-0.25, -0.2) is 18.1 Å². The third-order valence-corrected chi connectivity index (χ3v) is 4.25. The predicted molar refractivity (Wildman–Crippen MR) is 75.9 cm³/mol. The number of hydrogen-bond acceptors (Lipinski definition) is 5. The molecule has 0 amide bonds. The third-order valence-electron chi connectivity index (χ3n) is 2.82. The molecule has 0 spiro atoms. The maximum absolute atomic E-state index is 11.6. The van der Waals surface area contributed by atoms with Crippen molar-refractivity contribution in [1.82, 2.24) is 19.9 Å². The second-order valence-electron chi connectivity index (χ2n) is 4.19. The van der Waals surface area contributed by atoms with Gasteiger partial charge in [0, 0.05) is 18.7 Å². The Kier molecular flexibility index (Phi) is 4.70. The Labute approximate surface area is 117 Å². The molecule has 1 aromatic heterocycles. The first kappa shape index (κ1) is 14.5. The van der Waals surface area contributed by atoms with Gasteiger partial charge in [0.2, 0.25) is 10.0 Å². The highest BCUT2D eigenvalue weighted by molar-refractivity contribution is 7.89. The van der Waals surface area contributed by atoms with Crippen molar-refractivity contribution in [2.45, 2.75) is 17.7 Å². The molecule has 0 fully saturated rings. The van der Waals surface area contributed by atoms with E-state index in [0.29, 0.717) is 0 Å². The summed E-state index contributed by atoms with van der Waals surface area (Å²) < 4.78 is 25.4. The molecule has 0 atom stereocenters. The highest BCUT2D eigenvalue weighted by Crippen LogP contribution is 2.13. The molecule has 2 rings (SSSR count). The van der Waals surface area contributed by atoms with Gasteiger partial charge in [0.05, 0.1) is 4.90 Å². The van der Waals surface area contributed by atoms with Crippen LogP contribution in [0.4, 0.5) is 5.69 Å². The Hall–Kier alpha value is -1.93. The van der Waals surface area contributed by atoms with Crippen LogP contribution in [0, 0.1) is 0 Å². The summed E-state index contributed by atoms with van der Waals surface area (Å²) in [6.45, 7) is 0.777. The van der Waals surface area contributed by atoms with Crippen molar-refractivity contribution in [2.24, 2.45) is 0 Å². The first-order valence-electron chi connectivity index (χ1n) is 6.23. The van der Waals surface area contributed by atoms with E-state index in [9.17, 15) is 8.42 Å². The van der Waals surface area contributed by atoms with Gasteiger partial charge in [0.1, 0.15) is 12.2 Å². The third kappa shape index (κ3) is 3.78. The predicted octanol–water partition coefficient (Wildman–Crippen LogP) is 0.757. The van der Waals surface area contributed by atoms with Crippen molar-refractivity contribution in [3.8, 4) is 0 Å². The lowest BCUT2D eigenvalue weighted by Gasteiger charge is -2.07. The van der Waals surface area contributed by atoms with E-state index >= 15 is 0 Å². The number of sulfonamides is 1. The Balaban J connectivity index is 1.82. The maximum Gasteiger partial charge on any atom is 0.240 e. The van der Waals surface area contributed by atoms with Gasteiger partial charge in [-0.15, -0.1) is 0 Å². The number of H-pyrrole nitrogens is 1. The summed E-state index contributed by atoms with van der Waals surface area (Å²) in [7, 11) is -1.97. The van der Waals surface area contributed by atoms with Crippen LogP contribution in [0.5, 0.6) is 0 Å². The van der Waals surface area contributed by atoms with E-state index in [0.717, 1.165) is 30.9 Å². The molecule has 0 radical (unpaired) electrons. The SMILES string of the molecule is CNS(=O)(=O)c1ccc(NCCCc2ncn[nH]2)cc1. The summed E-state index contributed by atoms with van der Waals surface area (Å²) in [6.07, 6.45) is 3.22. The number of aromatic nitrogens is 3. The minimum atomic E-state index is -3.37. The van der Waals surface area contributed by atoms with Crippen molar-refractivity contribution in [1.29, 1.82) is 0 Å². The number of hydrogen-bond donors (Lipinski definition) is 3. The van der Waals surface area contributed by atoms with E-state index in [1.165, 1.54) is 13.4 Å². The summed E-state index contributed by atoms with van der Waals surface area (Å²) in [5, 5.41) is 9.81. The van der Waals surface area contributed by atoms with Gasteiger partial charge in [0.15, 0.2) is 0 Å². The zero-order valence-corrected chi connectivity index (χ0v) is 11.9. The summed E-state index contributed by atoms with van der Waals surface area (Å²) in [5.74, 6) is 0.863. The Bertz CT molecular complexity index is 622. The molecular weight excluding hydrogens is 278 g/mol. The van der Waals surface area contributed by atoms with Crippen LogP contribution in [0.2, 0.25) is 0 Å². The highest BCUT2D eigenvalue weighted by Gasteiger charge is 2.09. The van der Waals surface area contributed by atoms with Gasteiger partial charge < -0.3 is 5.32 Å². The van der Waals surface area contributed by atoms with Crippen molar-refractivity contribution in [2.75, 3.05) is 18.9 Å². The molecule has 0 saturated heterocycles. The van der Waals surface area contributed by atoms with Crippen LogP contribution in [0.3, 0.4) is 0 Å². The molecule has 108 valence electrons. The number of rotatable bonds is 7. The standard InChI is InChI=1S/C12H17N5O2S/c1-13-20(18,19)11-6-4-10(5-7-11)14-8-2-3-12-15-9-16-17-12/h4-7,9,13-14H,2-3,8H2,1H3,(H,15,16,17). The Morgan fingerprint density at radius 2 is 2.00 bits per heavy atom. The quantitative estimate of drug-likeness (QED) is 0.655. The smallest absolute Gasteiger partial charge is 0.240 e. The fourth-order valence-corrected chi connectivity index (χ4v) is 2.44. The molecular formula is C12H17N5O2S. The minimum absolute atomic E-state index is 0.257. The van der Waals surface area contributed by atoms with Gasteiger partial charge in [-0.2, -0.15) is 5.10 Å². The van der Waals surface area contributed by atoms with Crippen LogP contribution in [0.15, 0.2) is 35.5 Å². The van der Waals surface area contributed by atoms with E-state index in [4.69, 9.17) is 0 Å². The first-order valence-corrected chi connectivity index (χ1v) is 7.72. The van der Waals surface area contributed by atoms with Crippen LogP contribution in [-0.4, -0.2) is 37.2 Å². The summed E-state index contributed by atoms with van der Waals surface area (Å²) in [5.41, 5.74) is 0.887. The topological polar surface area (TPSA) is 99.8 Å². The molecule has 2 aromatic rings. The minimum Gasteiger partial charge on any atom is -0.385 e. The zero-order valence-electron chi connectivity index (χ0n) is 11.1. The van der Waals surface area contributed by atoms with Crippen molar-refractivity contribution in [3.63, 3.8) is 0 Å². The lowest BCUT2D eigenvalue weighted by atomic mass is 10.2. The second kappa shape index (κ2) is 6.49. The molecule has 7 nitrogen and oxygen atoms in total. The molecule has 0 aliphatic carbocycles. The molecule has 0 bridgehead atoms. The van der Waals surface area contributed by atoms with Crippen LogP contribution in [-0.2, 0) is 16.4 Å². The van der Waals surface area contributed by atoms with Crippen LogP contribution in [0.25, 0.3) is 0 Å². The Morgan fingerprint density at radius 3 is 2.60 bits per heavy atom.